The van der Waals surface area contributed by atoms with Gasteiger partial charge in [-0.15, -0.1) is 13.2 Å². The number of halogens is 3. The topological polar surface area (TPSA) is 67.4 Å². The predicted octanol–water partition coefficient (Wildman–Crippen LogP) is 1.08. The van der Waals surface area contributed by atoms with Crippen molar-refractivity contribution in [3.05, 3.63) is 24.3 Å². The van der Waals surface area contributed by atoms with Crippen LogP contribution >= 0.6 is 0 Å². The van der Waals surface area contributed by atoms with E-state index >= 15 is 0 Å². The van der Waals surface area contributed by atoms with Crippen LogP contribution in [0, 0.1) is 0 Å². The van der Waals surface area contributed by atoms with Crippen molar-refractivity contribution in [1.29, 1.82) is 0 Å². The van der Waals surface area contributed by atoms with Gasteiger partial charge >= 0.3 is 6.36 Å². The molecule has 0 aliphatic carbocycles. The Morgan fingerprint density at radius 1 is 1.21 bits per heavy atom. The third-order valence-corrected chi connectivity index (χ3v) is 3.53. The highest BCUT2D eigenvalue weighted by Gasteiger charge is 2.33. The van der Waals surface area contributed by atoms with Crippen LogP contribution in [0.5, 0.6) is 5.75 Å². The molecule has 0 aromatic heterocycles. The van der Waals surface area contributed by atoms with E-state index in [1.54, 1.807) is 7.05 Å². The molecule has 0 aliphatic heterocycles. The maximum absolute atomic E-state index is 12.2. The zero-order valence-corrected chi connectivity index (χ0v) is 10.8. The lowest BCUT2D eigenvalue weighted by atomic mass is 10.3. The van der Waals surface area contributed by atoms with E-state index < -0.39 is 27.0 Å². The second kappa shape index (κ2) is 6.22. The summed E-state index contributed by atoms with van der Waals surface area (Å²) in [7, 11) is -2.43. The number of rotatable bonds is 6. The molecule has 0 bridgehead atoms. The summed E-state index contributed by atoms with van der Waals surface area (Å²) >= 11 is 0. The molecule has 0 unspecified atom stereocenters. The summed E-state index contributed by atoms with van der Waals surface area (Å²) in [6.07, 6.45) is -4.95. The second-order valence-corrected chi connectivity index (χ2v) is 5.23. The van der Waals surface area contributed by atoms with E-state index in [-0.39, 0.29) is 6.54 Å². The number of para-hydroxylation sites is 1. The second-order valence-electron chi connectivity index (χ2n) is 3.50. The number of alkyl halides is 3. The van der Waals surface area contributed by atoms with Crippen molar-refractivity contribution in [1.82, 2.24) is 10.0 Å². The first-order chi connectivity index (χ1) is 8.76. The van der Waals surface area contributed by atoms with Gasteiger partial charge in [-0.2, -0.15) is 0 Å². The lowest BCUT2D eigenvalue weighted by Crippen LogP contribution is -2.31. The summed E-state index contributed by atoms with van der Waals surface area (Å²) < 4.78 is 66.0. The van der Waals surface area contributed by atoms with Gasteiger partial charge in [0.1, 0.15) is 10.6 Å². The van der Waals surface area contributed by atoms with Crippen LogP contribution in [0.3, 0.4) is 0 Å². The Morgan fingerprint density at radius 2 is 1.84 bits per heavy atom. The Balaban J connectivity index is 2.99. The molecule has 2 N–H and O–H groups in total. The Morgan fingerprint density at radius 3 is 2.42 bits per heavy atom. The molecule has 0 saturated carbocycles. The summed E-state index contributed by atoms with van der Waals surface area (Å²) in [4.78, 5) is -0.552. The molecule has 0 saturated heterocycles. The molecule has 19 heavy (non-hydrogen) atoms. The van der Waals surface area contributed by atoms with Crippen molar-refractivity contribution in [3.63, 3.8) is 0 Å². The van der Waals surface area contributed by atoms with E-state index in [2.05, 4.69) is 14.8 Å². The number of nitrogens with one attached hydrogen (secondary N) is 2. The monoisotopic (exact) mass is 298 g/mol. The van der Waals surface area contributed by atoms with Crippen LogP contribution in [0.2, 0.25) is 0 Å². The average Bonchev–Trinajstić information content (AvgIpc) is 2.27. The minimum absolute atomic E-state index is 0.0547. The lowest BCUT2D eigenvalue weighted by Gasteiger charge is -2.13. The van der Waals surface area contributed by atoms with E-state index in [0.717, 1.165) is 12.1 Å². The first-order valence-electron chi connectivity index (χ1n) is 5.25. The number of hydrogen-bond acceptors (Lipinski definition) is 4. The molecule has 0 aliphatic rings. The molecule has 0 radical (unpaired) electrons. The maximum Gasteiger partial charge on any atom is 0.573 e. The van der Waals surface area contributed by atoms with Crippen molar-refractivity contribution in [2.75, 3.05) is 20.1 Å². The third-order valence-electron chi connectivity index (χ3n) is 2.03. The van der Waals surface area contributed by atoms with Gasteiger partial charge < -0.3 is 10.1 Å². The summed E-state index contributed by atoms with van der Waals surface area (Å²) in [5.74, 6) is -0.757. The first-order valence-corrected chi connectivity index (χ1v) is 6.73. The number of likely N-dealkylation sites (N-methyl/N-ethyl adjacent to an activating group) is 1. The van der Waals surface area contributed by atoms with Gasteiger partial charge in [-0.1, -0.05) is 12.1 Å². The Kier molecular flexibility index (Phi) is 5.15. The van der Waals surface area contributed by atoms with Crippen LogP contribution in [-0.4, -0.2) is 34.9 Å². The average molecular weight is 298 g/mol. The molecule has 1 aromatic carbocycles. The molecule has 9 heteroatoms. The largest absolute Gasteiger partial charge is 0.573 e. The molecule has 0 amide bonds. The van der Waals surface area contributed by atoms with Gasteiger partial charge in [0, 0.05) is 13.1 Å². The van der Waals surface area contributed by atoms with Gasteiger partial charge in [0.15, 0.2) is 0 Å². The molecule has 1 aromatic rings. The Bertz CT molecular complexity index is 517. The molecule has 0 fully saturated rings. The smallest absolute Gasteiger partial charge is 0.404 e. The van der Waals surface area contributed by atoms with Crippen LogP contribution in [0.25, 0.3) is 0 Å². The summed E-state index contributed by atoms with van der Waals surface area (Å²) in [6, 6.07) is 4.56. The molecule has 5 nitrogen and oxygen atoms in total. The molecule has 0 spiro atoms. The van der Waals surface area contributed by atoms with Gasteiger partial charge in [-0.05, 0) is 19.2 Å². The van der Waals surface area contributed by atoms with Crippen LogP contribution in [-0.2, 0) is 10.0 Å². The fourth-order valence-electron chi connectivity index (χ4n) is 1.27. The van der Waals surface area contributed by atoms with E-state index in [1.165, 1.54) is 12.1 Å². The highest BCUT2D eigenvalue weighted by atomic mass is 32.2. The van der Waals surface area contributed by atoms with E-state index in [1.807, 2.05) is 0 Å². The van der Waals surface area contributed by atoms with Gasteiger partial charge in [0.2, 0.25) is 10.0 Å². The van der Waals surface area contributed by atoms with E-state index in [0.29, 0.717) is 6.54 Å². The molecule has 0 heterocycles. The Labute approximate surface area is 108 Å². The van der Waals surface area contributed by atoms with Crippen molar-refractivity contribution in [3.8, 4) is 5.75 Å². The first kappa shape index (κ1) is 15.7. The van der Waals surface area contributed by atoms with Crippen molar-refractivity contribution in [2.45, 2.75) is 11.3 Å². The van der Waals surface area contributed by atoms with Crippen molar-refractivity contribution < 1.29 is 26.3 Å². The van der Waals surface area contributed by atoms with Crippen molar-refractivity contribution in [2.24, 2.45) is 0 Å². The van der Waals surface area contributed by atoms with Crippen molar-refractivity contribution >= 4 is 10.0 Å². The van der Waals surface area contributed by atoms with Gasteiger partial charge in [-0.25, -0.2) is 13.1 Å². The quantitative estimate of drug-likeness (QED) is 0.771. The summed E-state index contributed by atoms with van der Waals surface area (Å²) in [6.45, 7) is 0.403. The SMILES string of the molecule is CNCCNS(=O)(=O)c1ccccc1OC(F)(F)F. The molecule has 1 rings (SSSR count). The highest BCUT2D eigenvalue weighted by molar-refractivity contribution is 7.89. The number of ether oxygens (including phenoxy) is 1. The number of benzene rings is 1. The van der Waals surface area contributed by atoms with Crippen LogP contribution in [0.4, 0.5) is 13.2 Å². The maximum atomic E-state index is 12.2. The molecular formula is C10H13F3N2O3S. The van der Waals surface area contributed by atoms with Crippen LogP contribution in [0.15, 0.2) is 29.2 Å². The number of hydrogen-bond donors (Lipinski definition) is 2. The standard InChI is InChI=1S/C10H13F3N2O3S/c1-14-6-7-15-19(16,17)9-5-3-2-4-8(9)18-10(11,12)13/h2-5,14-15H,6-7H2,1H3. The van der Waals surface area contributed by atoms with Crippen LogP contribution in [0.1, 0.15) is 0 Å². The number of sulfonamides is 1. The van der Waals surface area contributed by atoms with Gasteiger partial charge in [-0.3, -0.25) is 0 Å². The van der Waals surface area contributed by atoms with Crippen LogP contribution < -0.4 is 14.8 Å². The zero-order valence-electron chi connectivity index (χ0n) is 9.99. The minimum atomic E-state index is -4.95. The Hall–Kier alpha value is -1.32. The normalized spacial score (nSPS) is 12.4. The summed E-state index contributed by atoms with van der Waals surface area (Å²) in [5, 5.41) is 2.71. The molecular weight excluding hydrogens is 285 g/mol. The zero-order chi connectivity index (χ0) is 14.5. The van der Waals surface area contributed by atoms with E-state index in [4.69, 9.17) is 0 Å². The summed E-state index contributed by atoms with van der Waals surface area (Å²) in [5.41, 5.74) is 0. The lowest BCUT2D eigenvalue weighted by molar-refractivity contribution is -0.275. The third kappa shape index (κ3) is 5.05. The predicted molar refractivity (Wildman–Crippen MR) is 62.2 cm³/mol. The van der Waals surface area contributed by atoms with E-state index in [9.17, 15) is 21.6 Å². The fourth-order valence-corrected chi connectivity index (χ4v) is 2.43. The molecule has 0 atom stereocenters. The highest BCUT2D eigenvalue weighted by Crippen LogP contribution is 2.28. The fraction of sp³-hybridized carbons (Fsp3) is 0.400. The molecule has 108 valence electrons. The van der Waals surface area contributed by atoms with Gasteiger partial charge in [0.05, 0.1) is 0 Å². The van der Waals surface area contributed by atoms with Gasteiger partial charge in [0.25, 0.3) is 0 Å². The minimum Gasteiger partial charge on any atom is -0.404 e.